The molecule has 388 valence electrons. The molecule has 2 aromatic heterocycles. The number of esters is 2. The van der Waals surface area contributed by atoms with Crippen LogP contribution < -0.4 is 10.9 Å². The molecule has 0 radical (unpaired) electrons. The summed E-state index contributed by atoms with van der Waals surface area (Å²) in [5.74, 6) is -0.713. The van der Waals surface area contributed by atoms with Gasteiger partial charge in [-0.3, -0.25) is 28.6 Å². The maximum absolute atomic E-state index is 14.6. The zero-order valence-electron chi connectivity index (χ0n) is 43.3. The number of carbonyl (C=O) groups is 4. The van der Waals surface area contributed by atoms with E-state index in [0.717, 1.165) is 105 Å². The molecular weight excluding hydrogens is 897 g/mol. The van der Waals surface area contributed by atoms with Crippen LogP contribution in [0, 0.1) is 6.92 Å². The normalized spacial score (nSPS) is 17.0. The Balaban J connectivity index is 0.999. The van der Waals surface area contributed by atoms with Crippen LogP contribution in [0.5, 0.6) is 0 Å². The molecule has 7 rings (SSSR count). The van der Waals surface area contributed by atoms with Crippen LogP contribution in [0.15, 0.2) is 53.5 Å². The standard InChI is InChI=1S/C56H82N8O7/c1-5-7-9-11-13-15-21-51(65)70-40-63-39-46-36-43(35-42(3)53(46)58-63)37-49(55(68)61-33-31-60(32-34-61)47-25-27-59(4)28-26-47)57-56(69)62-29-23-44(24-30-62)48-38-45-19-17-18-20-50(45)64(54(48)67)41-71-52(66)22-16-14-12-10-8-6-2/h17-20,35-36,38-39,44,47,49H,5-16,21-34,37,40-41H2,1-4H3,(H,57,69)/t49-/m1/s1. The van der Waals surface area contributed by atoms with Crippen LogP contribution in [0.2, 0.25) is 0 Å². The van der Waals surface area contributed by atoms with Crippen molar-refractivity contribution in [2.75, 3.05) is 59.4 Å². The van der Waals surface area contributed by atoms with E-state index in [-0.39, 0.29) is 48.8 Å². The monoisotopic (exact) mass is 979 g/mol. The number of urea groups is 1. The van der Waals surface area contributed by atoms with Gasteiger partial charge in [0.1, 0.15) is 6.04 Å². The summed E-state index contributed by atoms with van der Waals surface area (Å²) in [5, 5.41) is 9.68. The second-order valence-corrected chi connectivity index (χ2v) is 20.6. The first kappa shape index (κ1) is 53.5. The molecule has 0 unspecified atom stereocenters. The number of nitrogens with zero attached hydrogens (tertiary/aromatic N) is 7. The van der Waals surface area contributed by atoms with Gasteiger partial charge >= 0.3 is 18.0 Å². The number of hydrogen-bond acceptors (Lipinski definition) is 10. The number of piperazine rings is 1. The Labute approximate surface area is 421 Å². The molecule has 1 N–H and O–H groups in total. The van der Waals surface area contributed by atoms with Crippen molar-refractivity contribution in [1.29, 1.82) is 0 Å². The SMILES string of the molecule is CCCCCCCCC(=O)OCn1cc2cc(C[C@@H](NC(=O)N3CCC(c4cc5ccccc5n(COC(=O)CCCCCCCC)c4=O)CC3)C(=O)N3CCN(C4CCN(C)CC4)CC3)cc(C)c2n1. The van der Waals surface area contributed by atoms with E-state index in [2.05, 4.69) is 36.0 Å². The van der Waals surface area contributed by atoms with Crippen molar-refractivity contribution >= 4 is 45.7 Å². The number of piperidine rings is 2. The lowest BCUT2D eigenvalue weighted by atomic mass is 9.89. The minimum atomic E-state index is -0.804. The van der Waals surface area contributed by atoms with E-state index < -0.39 is 6.04 Å². The summed E-state index contributed by atoms with van der Waals surface area (Å²) in [6.07, 6.45) is 19.3. The maximum Gasteiger partial charge on any atom is 0.318 e. The molecule has 15 nitrogen and oxygen atoms in total. The van der Waals surface area contributed by atoms with Crippen molar-refractivity contribution < 1.29 is 28.7 Å². The maximum atomic E-state index is 14.6. The van der Waals surface area contributed by atoms with Crippen LogP contribution >= 0.6 is 0 Å². The summed E-state index contributed by atoms with van der Waals surface area (Å²) in [6.45, 7) is 12.1. The number of aromatic nitrogens is 3. The summed E-state index contributed by atoms with van der Waals surface area (Å²) < 4.78 is 14.5. The molecule has 4 aromatic rings. The number of likely N-dealkylation sites (tertiary alicyclic amines) is 2. The number of carbonyl (C=O) groups excluding carboxylic acids is 4. The van der Waals surface area contributed by atoms with Crippen molar-refractivity contribution in [3.63, 3.8) is 0 Å². The van der Waals surface area contributed by atoms with Crippen molar-refractivity contribution in [3.8, 4) is 0 Å². The van der Waals surface area contributed by atoms with Crippen LogP contribution in [0.3, 0.4) is 0 Å². The van der Waals surface area contributed by atoms with E-state index in [1.165, 1.54) is 38.5 Å². The molecule has 15 heteroatoms. The fourth-order valence-electron chi connectivity index (χ4n) is 10.9. The molecule has 0 saturated carbocycles. The lowest BCUT2D eigenvalue weighted by Gasteiger charge is -2.43. The van der Waals surface area contributed by atoms with Crippen LogP contribution in [-0.4, -0.2) is 129 Å². The smallest absolute Gasteiger partial charge is 0.318 e. The van der Waals surface area contributed by atoms with Gasteiger partial charge in [-0.25, -0.2) is 9.48 Å². The highest BCUT2D eigenvalue weighted by Gasteiger charge is 2.34. The van der Waals surface area contributed by atoms with Gasteiger partial charge in [-0.1, -0.05) is 102 Å². The summed E-state index contributed by atoms with van der Waals surface area (Å²) >= 11 is 0. The molecule has 0 aliphatic carbocycles. The Hall–Kier alpha value is -5.28. The van der Waals surface area contributed by atoms with Crippen LogP contribution in [0.1, 0.15) is 152 Å². The molecule has 3 fully saturated rings. The Morgan fingerprint density at radius 3 is 1.99 bits per heavy atom. The number of hydrogen-bond donors (Lipinski definition) is 1. The van der Waals surface area contributed by atoms with Crippen LogP contribution in [0.4, 0.5) is 4.79 Å². The fourth-order valence-corrected chi connectivity index (χ4v) is 10.9. The average molecular weight is 979 g/mol. The first-order valence-electron chi connectivity index (χ1n) is 27.2. The fraction of sp³-hybridized carbons (Fsp3) is 0.643. The van der Waals surface area contributed by atoms with Gasteiger partial charge in [0.05, 0.1) is 11.0 Å². The highest BCUT2D eigenvalue weighted by atomic mass is 16.5. The van der Waals surface area contributed by atoms with Gasteiger partial charge in [-0.15, -0.1) is 0 Å². The summed E-state index contributed by atoms with van der Waals surface area (Å²) in [7, 11) is 2.17. The topological polar surface area (TPSA) is 152 Å². The number of fused-ring (bicyclic) bond motifs is 2. The summed E-state index contributed by atoms with van der Waals surface area (Å²) in [6, 6.07) is 13.1. The van der Waals surface area contributed by atoms with E-state index in [0.29, 0.717) is 75.4 Å². The van der Waals surface area contributed by atoms with Crippen molar-refractivity contribution in [2.45, 2.75) is 174 Å². The molecule has 71 heavy (non-hydrogen) atoms. The van der Waals surface area contributed by atoms with E-state index in [4.69, 9.17) is 14.6 Å². The predicted octanol–water partition coefficient (Wildman–Crippen LogP) is 8.90. The van der Waals surface area contributed by atoms with Gasteiger partial charge < -0.3 is 29.5 Å². The predicted molar refractivity (Wildman–Crippen MR) is 279 cm³/mol. The highest BCUT2D eigenvalue weighted by molar-refractivity contribution is 5.88. The third-order valence-corrected chi connectivity index (χ3v) is 15.2. The number of unbranched alkanes of at least 4 members (excludes halogenated alkanes) is 10. The van der Waals surface area contributed by atoms with Gasteiger partial charge in [-0.05, 0) is 106 Å². The summed E-state index contributed by atoms with van der Waals surface area (Å²) in [5.41, 5.74) is 3.82. The lowest BCUT2D eigenvalue weighted by molar-refractivity contribution is -0.148. The number of nitrogens with one attached hydrogen (secondary N) is 1. The molecule has 0 spiro atoms. The molecule has 1 atom stereocenters. The van der Waals surface area contributed by atoms with E-state index in [1.807, 2.05) is 60.5 Å². The third kappa shape index (κ3) is 15.1. The molecule has 3 amide bonds. The zero-order valence-corrected chi connectivity index (χ0v) is 43.3. The van der Waals surface area contributed by atoms with Crippen molar-refractivity contribution in [2.24, 2.45) is 0 Å². The molecule has 5 heterocycles. The van der Waals surface area contributed by atoms with Gasteiger partial charge in [-0.2, -0.15) is 5.10 Å². The quantitative estimate of drug-likeness (QED) is 0.0533. The van der Waals surface area contributed by atoms with Crippen LogP contribution in [-0.2, 0) is 43.7 Å². The number of aryl methyl sites for hydroxylation is 1. The van der Waals surface area contributed by atoms with Gasteiger partial charge in [0, 0.05) is 81.7 Å². The Morgan fingerprint density at radius 2 is 1.32 bits per heavy atom. The van der Waals surface area contributed by atoms with E-state index in [1.54, 1.807) is 14.1 Å². The number of benzene rings is 2. The van der Waals surface area contributed by atoms with Crippen molar-refractivity contribution in [3.05, 3.63) is 75.7 Å². The molecule has 0 bridgehead atoms. The number of ether oxygens (including phenoxy) is 2. The minimum Gasteiger partial charge on any atom is -0.444 e. The second-order valence-electron chi connectivity index (χ2n) is 20.6. The summed E-state index contributed by atoms with van der Waals surface area (Å²) in [4.78, 5) is 77.0. The van der Waals surface area contributed by atoms with Gasteiger partial charge in [0.2, 0.25) is 5.91 Å². The highest BCUT2D eigenvalue weighted by Crippen LogP contribution is 2.29. The number of rotatable bonds is 24. The number of amides is 3. The van der Waals surface area contributed by atoms with Crippen LogP contribution in [0.25, 0.3) is 21.8 Å². The van der Waals surface area contributed by atoms with Crippen molar-refractivity contribution in [1.82, 2.24) is 39.3 Å². The lowest BCUT2D eigenvalue weighted by Crippen LogP contribution is -2.59. The van der Waals surface area contributed by atoms with Gasteiger partial charge in [0.25, 0.3) is 5.56 Å². The molecule has 3 aliphatic rings. The zero-order chi connectivity index (χ0) is 50.1. The molecule has 3 aliphatic heterocycles. The van der Waals surface area contributed by atoms with E-state index >= 15 is 0 Å². The molecule has 2 aromatic carbocycles. The first-order valence-corrected chi connectivity index (χ1v) is 27.2. The average Bonchev–Trinajstić information content (AvgIpc) is 3.81. The second kappa shape index (κ2) is 27.0. The largest absolute Gasteiger partial charge is 0.444 e. The van der Waals surface area contributed by atoms with E-state index in [9.17, 15) is 24.0 Å². The van der Waals surface area contributed by atoms with Gasteiger partial charge in [0.15, 0.2) is 13.5 Å². The Morgan fingerprint density at radius 1 is 0.704 bits per heavy atom. The molecular formula is C56H82N8O7. The minimum absolute atomic E-state index is 0.0291. The number of para-hydroxylation sites is 1. The first-order chi connectivity index (χ1) is 34.5. The Bertz CT molecular complexity index is 2430. The third-order valence-electron chi connectivity index (χ3n) is 15.2. The number of pyridine rings is 1. The Kier molecular flexibility index (Phi) is 20.3. The molecule has 3 saturated heterocycles.